The standard InChI is InChI=1S/C34H34N4O8/c1-6-42-31-36-26-13-9-12-25(30(39)43-19-27-20(2)44-33(41)45-27)28(26)38(31)18-21-14-16-22(17-15-21)23-10-7-8-11-24(23)29(35)37-32(40)46-34(3,4)5/h7-17H,6,18-19H2,1-5H3,(H2,35,37,40). The van der Waals surface area contributed by atoms with Gasteiger partial charge in [0.15, 0.2) is 18.1 Å². The third-order valence-corrected chi connectivity index (χ3v) is 6.81. The number of carbonyl (C=O) groups is 2. The topological polar surface area (TPSA) is 161 Å². The minimum Gasteiger partial charge on any atom is -0.465 e. The van der Waals surface area contributed by atoms with Crippen molar-refractivity contribution in [2.75, 3.05) is 6.61 Å². The van der Waals surface area contributed by atoms with Crippen LogP contribution in [-0.4, -0.2) is 39.7 Å². The lowest BCUT2D eigenvalue weighted by Crippen LogP contribution is -2.24. The van der Waals surface area contributed by atoms with Gasteiger partial charge < -0.3 is 28.8 Å². The number of nitrogens with two attached hydrogens (primary N) is 1. The quantitative estimate of drug-likeness (QED) is 0.117. The van der Waals surface area contributed by atoms with Gasteiger partial charge >= 0.3 is 17.9 Å². The van der Waals surface area contributed by atoms with Crippen molar-refractivity contribution in [2.24, 2.45) is 10.7 Å². The lowest BCUT2D eigenvalue weighted by atomic mass is 9.98. The Morgan fingerprint density at radius 3 is 2.37 bits per heavy atom. The van der Waals surface area contributed by atoms with Gasteiger partial charge in [0.1, 0.15) is 11.4 Å². The van der Waals surface area contributed by atoms with Crippen LogP contribution in [0.2, 0.25) is 0 Å². The van der Waals surface area contributed by atoms with Crippen LogP contribution >= 0.6 is 0 Å². The van der Waals surface area contributed by atoms with Crippen LogP contribution < -0.4 is 16.3 Å². The Kier molecular flexibility index (Phi) is 9.08. The van der Waals surface area contributed by atoms with E-state index >= 15 is 0 Å². The number of nitrogens with zero attached hydrogens (tertiary/aromatic N) is 3. The van der Waals surface area contributed by atoms with Gasteiger partial charge in [-0.3, -0.25) is 4.57 Å². The van der Waals surface area contributed by atoms with E-state index in [-0.39, 0.29) is 29.5 Å². The molecule has 5 aromatic rings. The summed E-state index contributed by atoms with van der Waals surface area (Å²) in [6.45, 7) is 9.10. The number of aromatic nitrogens is 2. The second-order valence-corrected chi connectivity index (χ2v) is 11.3. The molecule has 0 saturated carbocycles. The summed E-state index contributed by atoms with van der Waals surface area (Å²) < 4.78 is 28.2. The van der Waals surface area contributed by atoms with Gasteiger partial charge in [-0.15, -0.1) is 0 Å². The maximum Gasteiger partial charge on any atom is 0.519 e. The number of carbonyl (C=O) groups excluding carboxylic acids is 2. The minimum atomic E-state index is -0.864. The van der Waals surface area contributed by atoms with E-state index < -0.39 is 23.5 Å². The molecule has 0 radical (unpaired) electrons. The average molecular weight is 627 g/mol. The first-order valence-corrected chi connectivity index (χ1v) is 14.6. The number of esters is 1. The molecule has 12 nitrogen and oxygen atoms in total. The van der Waals surface area contributed by atoms with Gasteiger partial charge in [-0.05, 0) is 63.4 Å². The van der Waals surface area contributed by atoms with E-state index in [0.29, 0.717) is 35.8 Å². The second-order valence-electron chi connectivity index (χ2n) is 11.3. The Balaban J connectivity index is 1.43. The van der Waals surface area contributed by atoms with E-state index in [1.165, 1.54) is 0 Å². The van der Waals surface area contributed by atoms with Crippen LogP contribution in [-0.2, 0) is 22.6 Å². The maximum absolute atomic E-state index is 13.2. The molecule has 0 aliphatic heterocycles. The molecule has 46 heavy (non-hydrogen) atoms. The molecule has 2 aromatic heterocycles. The Labute approximate surface area is 264 Å². The average Bonchev–Trinajstić information content (AvgIpc) is 3.52. The van der Waals surface area contributed by atoms with E-state index in [9.17, 15) is 14.4 Å². The number of aryl methyl sites for hydroxylation is 1. The van der Waals surface area contributed by atoms with Crippen LogP contribution in [0.25, 0.3) is 22.2 Å². The molecule has 0 unspecified atom stereocenters. The molecule has 2 heterocycles. The molecule has 0 atom stereocenters. The van der Waals surface area contributed by atoms with Gasteiger partial charge in [-0.25, -0.2) is 14.4 Å². The SMILES string of the molecule is CCOc1nc2cccc(C(=O)OCc3oc(=O)oc3C)c2n1Cc1ccc(-c2ccccc2/C(N)=N/C(=O)OC(C)(C)C)cc1. The normalized spacial score (nSPS) is 11.9. The lowest BCUT2D eigenvalue weighted by molar-refractivity contribution is 0.0444. The fourth-order valence-electron chi connectivity index (χ4n) is 4.80. The number of amides is 1. The van der Waals surface area contributed by atoms with Gasteiger partial charge in [-0.1, -0.05) is 54.6 Å². The molecule has 12 heteroatoms. The lowest BCUT2D eigenvalue weighted by Gasteiger charge is -2.17. The van der Waals surface area contributed by atoms with Gasteiger partial charge in [0.2, 0.25) is 0 Å². The van der Waals surface area contributed by atoms with Gasteiger partial charge in [0.05, 0.1) is 29.7 Å². The third kappa shape index (κ3) is 7.17. The summed E-state index contributed by atoms with van der Waals surface area (Å²) in [6, 6.07) is 20.6. The second kappa shape index (κ2) is 13.1. The molecule has 2 N–H and O–H groups in total. The zero-order chi connectivity index (χ0) is 33.0. The summed E-state index contributed by atoms with van der Waals surface area (Å²) in [4.78, 5) is 45.5. The first-order chi connectivity index (χ1) is 21.9. The number of hydrogen-bond acceptors (Lipinski definition) is 9. The number of fused-ring (bicyclic) bond motifs is 1. The van der Waals surface area contributed by atoms with Gasteiger partial charge in [0, 0.05) is 5.56 Å². The van der Waals surface area contributed by atoms with E-state index in [4.69, 9.17) is 28.8 Å². The zero-order valence-electron chi connectivity index (χ0n) is 26.2. The number of rotatable bonds is 9. The zero-order valence-corrected chi connectivity index (χ0v) is 26.2. The number of imidazole rings is 1. The van der Waals surface area contributed by atoms with Crippen LogP contribution in [0.4, 0.5) is 4.79 Å². The Hall–Kier alpha value is -5.65. The van der Waals surface area contributed by atoms with Crippen molar-refractivity contribution in [1.82, 2.24) is 9.55 Å². The molecule has 0 fully saturated rings. The van der Waals surface area contributed by atoms with Crippen molar-refractivity contribution >= 4 is 28.9 Å². The molecule has 1 amide bonds. The summed E-state index contributed by atoms with van der Waals surface area (Å²) >= 11 is 0. The Bertz CT molecular complexity index is 1980. The molecule has 5 rings (SSSR count). The molecular formula is C34H34N4O8. The number of aliphatic imine (C=N–C) groups is 1. The minimum absolute atomic E-state index is 0.0460. The van der Waals surface area contributed by atoms with Crippen LogP contribution in [0.5, 0.6) is 6.01 Å². The highest BCUT2D eigenvalue weighted by Gasteiger charge is 2.22. The third-order valence-electron chi connectivity index (χ3n) is 6.81. The molecule has 0 bridgehead atoms. The summed E-state index contributed by atoms with van der Waals surface area (Å²) in [7, 11) is 0. The van der Waals surface area contributed by atoms with Crippen LogP contribution in [0.15, 0.2) is 85.4 Å². The summed E-state index contributed by atoms with van der Waals surface area (Å²) in [6.07, 6.45) is -0.765. The smallest absolute Gasteiger partial charge is 0.465 e. The summed E-state index contributed by atoms with van der Waals surface area (Å²) in [5.41, 5.74) is 10.0. The number of hydrogen-bond donors (Lipinski definition) is 1. The van der Waals surface area contributed by atoms with Crippen molar-refractivity contribution in [3.63, 3.8) is 0 Å². The molecule has 0 aliphatic rings. The fraction of sp³-hybridized carbons (Fsp3) is 0.265. The van der Waals surface area contributed by atoms with E-state index in [1.807, 2.05) is 54.0 Å². The van der Waals surface area contributed by atoms with Crippen LogP contribution in [0, 0.1) is 6.92 Å². The number of ether oxygens (including phenoxy) is 3. The first kappa shape index (κ1) is 31.8. The van der Waals surface area contributed by atoms with E-state index in [2.05, 4.69) is 9.98 Å². The van der Waals surface area contributed by atoms with Crippen molar-refractivity contribution in [1.29, 1.82) is 0 Å². The fourth-order valence-corrected chi connectivity index (χ4v) is 4.80. The molecule has 3 aromatic carbocycles. The highest BCUT2D eigenvalue weighted by molar-refractivity contribution is 6.07. The number of benzene rings is 3. The molecule has 238 valence electrons. The van der Waals surface area contributed by atoms with Gasteiger partial charge in [0.25, 0.3) is 6.01 Å². The van der Waals surface area contributed by atoms with Crippen LogP contribution in [0.3, 0.4) is 0 Å². The largest absolute Gasteiger partial charge is 0.519 e. The van der Waals surface area contributed by atoms with Crippen molar-refractivity contribution in [2.45, 2.75) is 53.4 Å². The predicted octanol–water partition coefficient (Wildman–Crippen LogP) is 6.00. The van der Waals surface area contributed by atoms with Crippen molar-refractivity contribution < 1.29 is 32.6 Å². The van der Waals surface area contributed by atoms with E-state index in [0.717, 1.165) is 16.7 Å². The number of amidine groups is 1. The molecule has 0 spiro atoms. The highest BCUT2D eigenvalue weighted by Crippen LogP contribution is 2.29. The van der Waals surface area contributed by atoms with Crippen LogP contribution in [0.1, 0.15) is 60.7 Å². The first-order valence-electron chi connectivity index (χ1n) is 14.6. The van der Waals surface area contributed by atoms with Crippen molar-refractivity contribution in [3.05, 3.63) is 106 Å². The van der Waals surface area contributed by atoms with Gasteiger partial charge in [-0.2, -0.15) is 9.98 Å². The highest BCUT2D eigenvalue weighted by atomic mass is 16.6. The maximum atomic E-state index is 13.2. The monoisotopic (exact) mass is 626 g/mol. The molecular weight excluding hydrogens is 592 g/mol. The molecule has 0 saturated heterocycles. The number of para-hydroxylation sites is 1. The molecule has 0 aliphatic carbocycles. The predicted molar refractivity (Wildman–Crippen MR) is 170 cm³/mol. The Morgan fingerprint density at radius 2 is 1.70 bits per heavy atom. The summed E-state index contributed by atoms with van der Waals surface area (Å²) in [5.74, 6) is -1.07. The van der Waals surface area contributed by atoms with E-state index in [1.54, 1.807) is 52.0 Å². The van der Waals surface area contributed by atoms with Crippen molar-refractivity contribution in [3.8, 4) is 17.1 Å². The summed E-state index contributed by atoms with van der Waals surface area (Å²) in [5, 5.41) is 0. The Morgan fingerprint density at radius 1 is 0.978 bits per heavy atom.